The maximum atomic E-state index is 12.2. The third kappa shape index (κ3) is 21.7. The summed E-state index contributed by atoms with van der Waals surface area (Å²) in [4.78, 5) is 34.8. The Hall–Kier alpha value is -2.79. The van der Waals surface area contributed by atoms with Crippen molar-refractivity contribution in [3.63, 3.8) is 0 Å². The lowest BCUT2D eigenvalue weighted by molar-refractivity contribution is -0.141. The van der Waals surface area contributed by atoms with E-state index < -0.39 is 0 Å². The summed E-state index contributed by atoms with van der Waals surface area (Å²) in [6, 6.07) is -0.211. The van der Waals surface area contributed by atoms with Gasteiger partial charge < -0.3 is 35.7 Å². The van der Waals surface area contributed by atoms with Crippen LogP contribution in [0.3, 0.4) is 0 Å². The minimum Gasteiger partial charge on any atom is -0.495 e. The molecule has 0 saturated heterocycles. The van der Waals surface area contributed by atoms with Gasteiger partial charge in [0, 0.05) is 20.2 Å². The Balaban J connectivity index is 0. The molecule has 0 spiro atoms. The standard InChI is InChI=1S/C25H41N3O6.CH4O/c1-6-33-19(2)10-11-21(15-20(3)34-18-24(30)27-4)12-13-23(29)17-28-14-8-7-9-22(26)16-25(31)32-5;1-2/h10-13,15,20,22,28H,2,6-9,14,16-18,26H2,1,3-5H3,(H,27,30);2H,1H3/b11-10-,13-12+,21-15+;. The fourth-order valence-corrected chi connectivity index (χ4v) is 2.70. The zero-order valence-electron chi connectivity index (χ0n) is 22.4. The van der Waals surface area contributed by atoms with Crippen LogP contribution in [0.2, 0.25) is 0 Å². The predicted octanol–water partition coefficient (Wildman–Crippen LogP) is 1.55. The minimum atomic E-state index is -0.347. The largest absolute Gasteiger partial charge is 0.495 e. The summed E-state index contributed by atoms with van der Waals surface area (Å²) < 4.78 is 15.4. The molecule has 0 saturated carbocycles. The lowest BCUT2D eigenvalue weighted by Gasteiger charge is -2.10. The van der Waals surface area contributed by atoms with Crippen molar-refractivity contribution in [1.82, 2.24) is 10.6 Å². The molecule has 36 heavy (non-hydrogen) atoms. The van der Waals surface area contributed by atoms with Crippen molar-refractivity contribution in [2.45, 2.75) is 51.7 Å². The van der Waals surface area contributed by atoms with Crippen molar-refractivity contribution in [3.05, 3.63) is 48.3 Å². The summed E-state index contributed by atoms with van der Waals surface area (Å²) in [7, 11) is 3.89. The summed E-state index contributed by atoms with van der Waals surface area (Å²) in [5.74, 6) is -0.102. The zero-order chi connectivity index (χ0) is 27.8. The molecule has 0 fully saturated rings. The van der Waals surface area contributed by atoms with Gasteiger partial charge in [-0.2, -0.15) is 0 Å². The number of nitrogens with two attached hydrogens (primary N) is 1. The minimum absolute atomic E-state index is 0.0586. The van der Waals surface area contributed by atoms with E-state index in [1.807, 2.05) is 13.8 Å². The number of hydrogen-bond donors (Lipinski definition) is 4. The number of ether oxygens (including phenoxy) is 3. The number of nitrogens with one attached hydrogen (secondary N) is 2. The van der Waals surface area contributed by atoms with Gasteiger partial charge in [0.15, 0.2) is 5.78 Å². The Morgan fingerprint density at radius 2 is 1.78 bits per heavy atom. The number of aliphatic hydroxyl groups excluding tert-OH is 1. The smallest absolute Gasteiger partial charge is 0.307 e. The van der Waals surface area contributed by atoms with Crippen LogP contribution in [0.1, 0.15) is 39.5 Å². The number of unbranched alkanes of at least 4 members (excludes halogenated alkanes) is 1. The fourth-order valence-electron chi connectivity index (χ4n) is 2.70. The third-order valence-corrected chi connectivity index (χ3v) is 4.57. The van der Waals surface area contributed by atoms with Gasteiger partial charge in [0.25, 0.3) is 0 Å². The number of esters is 1. The lowest BCUT2D eigenvalue weighted by atomic mass is 10.1. The molecule has 0 aromatic rings. The number of methoxy groups -OCH3 is 1. The molecule has 1 amide bonds. The van der Waals surface area contributed by atoms with Crippen LogP contribution in [0.4, 0.5) is 0 Å². The van der Waals surface area contributed by atoms with Crippen LogP contribution >= 0.6 is 0 Å². The molecule has 0 aliphatic carbocycles. The summed E-state index contributed by atoms with van der Waals surface area (Å²) in [5.41, 5.74) is 6.60. The van der Waals surface area contributed by atoms with Gasteiger partial charge in [-0.05, 0) is 57.0 Å². The van der Waals surface area contributed by atoms with E-state index in [1.54, 1.807) is 31.4 Å². The van der Waals surface area contributed by atoms with Gasteiger partial charge in [-0.15, -0.1) is 0 Å². The topological polar surface area (TPSA) is 149 Å². The molecular weight excluding hydrogens is 466 g/mol. The Bertz CT molecular complexity index is 733. The first kappa shape index (κ1) is 35.4. The second-order valence-electron chi connectivity index (χ2n) is 7.60. The first-order chi connectivity index (χ1) is 17.2. The highest BCUT2D eigenvalue weighted by Gasteiger charge is 2.09. The van der Waals surface area contributed by atoms with Crippen LogP contribution < -0.4 is 16.4 Å². The molecule has 5 N–H and O–H groups in total. The van der Waals surface area contributed by atoms with Crippen molar-refractivity contribution < 1.29 is 33.7 Å². The molecule has 10 nitrogen and oxygen atoms in total. The van der Waals surface area contributed by atoms with E-state index in [0.29, 0.717) is 18.9 Å². The van der Waals surface area contributed by atoms with Gasteiger partial charge in [0.05, 0.1) is 32.8 Å². The van der Waals surface area contributed by atoms with Crippen LogP contribution in [-0.4, -0.2) is 82.5 Å². The normalized spacial score (nSPS) is 13.0. The van der Waals surface area contributed by atoms with E-state index in [1.165, 1.54) is 13.2 Å². The molecule has 0 aliphatic heterocycles. The van der Waals surface area contributed by atoms with Crippen LogP contribution in [0, 0.1) is 0 Å². The summed E-state index contributed by atoms with van der Waals surface area (Å²) in [6.07, 6.45) is 10.7. The van der Waals surface area contributed by atoms with E-state index in [4.69, 9.17) is 20.3 Å². The summed E-state index contributed by atoms with van der Waals surface area (Å²) >= 11 is 0. The molecule has 0 aliphatic rings. The Kier molecular flexibility index (Phi) is 23.5. The maximum absolute atomic E-state index is 12.2. The lowest BCUT2D eigenvalue weighted by Crippen LogP contribution is -2.26. The van der Waals surface area contributed by atoms with E-state index >= 15 is 0 Å². The van der Waals surface area contributed by atoms with Gasteiger partial charge in [-0.25, -0.2) is 0 Å². The second kappa shape index (κ2) is 23.9. The number of hydrogen-bond acceptors (Lipinski definition) is 9. The highest BCUT2D eigenvalue weighted by molar-refractivity contribution is 5.91. The predicted molar refractivity (Wildman–Crippen MR) is 141 cm³/mol. The average Bonchev–Trinajstić information content (AvgIpc) is 2.87. The molecule has 0 aromatic carbocycles. The monoisotopic (exact) mass is 511 g/mol. The number of rotatable bonds is 19. The second-order valence-corrected chi connectivity index (χ2v) is 7.60. The van der Waals surface area contributed by atoms with Crippen molar-refractivity contribution in [2.24, 2.45) is 5.73 Å². The molecular formula is C26H45N3O7. The Morgan fingerprint density at radius 3 is 2.39 bits per heavy atom. The molecule has 2 unspecified atom stereocenters. The Morgan fingerprint density at radius 1 is 1.11 bits per heavy atom. The molecule has 0 heterocycles. The van der Waals surface area contributed by atoms with Gasteiger partial charge in [0.1, 0.15) is 12.4 Å². The van der Waals surface area contributed by atoms with Crippen molar-refractivity contribution in [1.29, 1.82) is 0 Å². The number of allylic oxidation sites excluding steroid dienone is 4. The zero-order valence-corrected chi connectivity index (χ0v) is 22.4. The summed E-state index contributed by atoms with van der Waals surface area (Å²) in [6.45, 7) is 8.80. The number of aliphatic hydroxyl groups is 1. The van der Waals surface area contributed by atoms with Crippen molar-refractivity contribution >= 4 is 17.7 Å². The van der Waals surface area contributed by atoms with Crippen molar-refractivity contribution in [2.75, 3.05) is 47.6 Å². The van der Waals surface area contributed by atoms with Crippen LogP contribution in [-0.2, 0) is 28.6 Å². The van der Waals surface area contributed by atoms with Gasteiger partial charge >= 0.3 is 5.97 Å². The maximum Gasteiger partial charge on any atom is 0.307 e. The third-order valence-electron chi connectivity index (χ3n) is 4.57. The van der Waals surface area contributed by atoms with Gasteiger partial charge in [0.2, 0.25) is 5.91 Å². The highest BCUT2D eigenvalue weighted by atomic mass is 16.5. The fraction of sp³-hybridized carbons (Fsp3) is 0.577. The molecule has 0 radical (unpaired) electrons. The van der Waals surface area contributed by atoms with Crippen LogP contribution in [0.15, 0.2) is 48.3 Å². The summed E-state index contributed by atoms with van der Waals surface area (Å²) in [5, 5.41) is 12.6. The Labute approximate surface area is 215 Å². The van der Waals surface area contributed by atoms with Crippen LogP contribution in [0.25, 0.3) is 0 Å². The van der Waals surface area contributed by atoms with E-state index in [-0.39, 0.29) is 49.4 Å². The first-order valence-electron chi connectivity index (χ1n) is 11.9. The van der Waals surface area contributed by atoms with Gasteiger partial charge in [-0.1, -0.05) is 25.2 Å². The number of carbonyl (C=O) groups is 3. The number of likely N-dealkylation sites (N-methyl/N-ethyl adjacent to an activating group) is 1. The van der Waals surface area contributed by atoms with E-state index in [0.717, 1.165) is 31.9 Å². The van der Waals surface area contributed by atoms with Crippen molar-refractivity contribution in [3.8, 4) is 0 Å². The molecule has 2 atom stereocenters. The number of amides is 1. The quantitative estimate of drug-likeness (QED) is 0.0666. The molecule has 206 valence electrons. The first-order valence-corrected chi connectivity index (χ1v) is 11.9. The number of carbonyl (C=O) groups excluding carboxylic acids is 3. The molecule has 0 rings (SSSR count). The van der Waals surface area contributed by atoms with Crippen LogP contribution in [0.5, 0.6) is 0 Å². The molecule has 0 bridgehead atoms. The van der Waals surface area contributed by atoms with E-state index in [9.17, 15) is 14.4 Å². The number of ketones is 1. The van der Waals surface area contributed by atoms with E-state index in [2.05, 4.69) is 21.9 Å². The average molecular weight is 512 g/mol. The molecule has 10 heteroatoms. The van der Waals surface area contributed by atoms with Gasteiger partial charge in [-0.3, -0.25) is 14.4 Å². The SMILES string of the molecule is C=C(\C=C/C(/C=C/C(=O)CNCCCCC(N)CC(=O)OC)=C\C(C)OCC(=O)NC)OCC.CO. The molecule has 0 aromatic heterocycles. The highest BCUT2D eigenvalue weighted by Crippen LogP contribution is 2.08.